The molecule has 1 saturated heterocycles. The minimum atomic E-state index is 0.470. The molecular weight excluding hydrogens is 224 g/mol. The third kappa shape index (κ3) is 2.05. The first-order chi connectivity index (χ1) is 8.88. The lowest BCUT2D eigenvalue weighted by Crippen LogP contribution is -2.35. The van der Waals surface area contributed by atoms with E-state index in [0.29, 0.717) is 11.7 Å². The van der Waals surface area contributed by atoms with E-state index in [1.807, 2.05) is 0 Å². The lowest BCUT2D eigenvalue weighted by molar-refractivity contribution is 0.427. The monoisotopic (exact) mass is 242 g/mol. The van der Waals surface area contributed by atoms with Crippen LogP contribution < -0.4 is 4.90 Å². The second-order valence-electron chi connectivity index (χ2n) is 5.30. The first-order valence-corrected chi connectivity index (χ1v) is 6.88. The van der Waals surface area contributed by atoms with Crippen LogP contribution in [0.15, 0.2) is 12.3 Å². The van der Waals surface area contributed by atoms with Gasteiger partial charge in [-0.2, -0.15) is 5.26 Å². The highest BCUT2D eigenvalue weighted by atomic mass is 15.3. The van der Waals surface area contributed by atoms with Crippen LogP contribution in [0.25, 0.3) is 0 Å². The van der Waals surface area contributed by atoms with Gasteiger partial charge >= 0.3 is 0 Å². The fraction of sp³-hybridized carbons (Fsp3) is 0.643. The van der Waals surface area contributed by atoms with Crippen LogP contribution in [0.5, 0.6) is 0 Å². The molecule has 0 N–H and O–H groups in total. The second-order valence-corrected chi connectivity index (χ2v) is 5.30. The summed E-state index contributed by atoms with van der Waals surface area (Å²) < 4.78 is 0. The number of hydrogen-bond donors (Lipinski definition) is 0. The predicted molar refractivity (Wildman–Crippen MR) is 69.1 cm³/mol. The summed E-state index contributed by atoms with van der Waals surface area (Å²) in [5.74, 6) is 1.56. The first kappa shape index (κ1) is 11.5. The van der Waals surface area contributed by atoms with E-state index in [9.17, 15) is 0 Å². The zero-order valence-corrected chi connectivity index (χ0v) is 10.5. The fourth-order valence-electron chi connectivity index (χ4n) is 3.42. The van der Waals surface area contributed by atoms with Crippen molar-refractivity contribution in [2.75, 3.05) is 11.4 Å². The van der Waals surface area contributed by atoms with Gasteiger partial charge in [0.05, 0.1) is 0 Å². The summed E-state index contributed by atoms with van der Waals surface area (Å²) in [5, 5.41) is 8.92. The Balaban J connectivity index is 1.83. The van der Waals surface area contributed by atoms with E-state index in [4.69, 9.17) is 5.26 Å². The van der Waals surface area contributed by atoms with Gasteiger partial charge in [-0.1, -0.05) is 12.8 Å². The van der Waals surface area contributed by atoms with Crippen molar-refractivity contribution in [1.29, 1.82) is 5.26 Å². The maximum Gasteiger partial charge on any atom is 0.226 e. The van der Waals surface area contributed by atoms with E-state index >= 15 is 0 Å². The minimum Gasteiger partial charge on any atom is -0.338 e. The predicted octanol–water partition coefficient (Wildman–Crippen LogP) is 2.51. The summed E-state index contributed by atoms with van der Waals surface area (Å²) in [5.41, 5.74) is 0.470. The van der Waals surface area contributed by atoms with Gasteiger partial charge in [-0.3, -0.25) is 0 Å². The van der Waals surface area contributed by atoms with Gasteiger partial charge in [0.15, 0.2) is 0 Å². The first-order valence-electron chi connectivity index (χ1n) is 6.88. The Morgan fingerprint density at radius 3 is 2.83 bits per heavy atom. The zero-order chi connectivity index (χ0) is 12.4. The number of nitrogens with zero attached hydrogens (tertiary/aromatic N) is 4. The van der Waals surface area contributed by atoms with Crippen LogP contribution in [0.4, 0.5) is 5.95 Å². The van der Waals surface area contributed by atoms with Crippen molar-refractivity contribution in [3.8, 4) is 6.07 Å². The standard InChI is InChI=1S/C14H18N4/c15-10-12-7-8-16-14(17-12)18-9-3-6-13(18)11-4-1-2-5-11/h7-8,11,13H,1-6,9H2. The molecule has 0 radical (unpaired) electrons. The van der Waals surface area contributed by atoms with E-state index in [-0.39, 0.29) is 0 Å². The van der Waals surface area contributed by atoms with Crippen LogP contribution in [0.3, 0.4) is 0 Å². The van der Waals surface area contributed by atoms with Crippen LogP contribution in [0, 0.1) is 17.2 Å². The number of aromatic nitrogens is 2. The molecule has 18 heavy (non-hydrogen) atoms. The van der Waals surface area contributed by atoms with Crippen LogP contribution >= 0.6 is 0 Å². The third-order valence-corrected chi connectivity index (χ3v) is 4.26. The Hall–Kier alpha value is -1.63. The molecule has 0 aromatic carbocycles. The number of nitriles is 1. The van der Waals surface area contributed by atoms with Crippen molar-refractivity contribution in [3.05, 3.63) is 18.0 Å². The molecule has 2 aliphatic rings. The van der Waals surface area contributed by atoms with Gasteiger partial charge in [0.1, 0.15) is 11.8 Å². The maximum atomic E-state index is 8.92. The quantitative estimate of drug-likeness (QED) is 0.799. The molecule has 2 fully saturated rings. The zero-order valence-electron chi connectivity index (χ0n) is 10.5. The molecule has 1 aromatic rings. The Morgan fingerprint density at radius 1 is 1.22 bits per heavy atom. The summed E-state index contributed by atoms with van der Waals surface area (Å²) in [4.78, 5) is 11.0. The van der Waals surface area contributed by atoms with E-state index in [2.05, 4.69) is 20.9 Å². The Morgan fingerprint density at radius 2 is 2.06 bits per heavy atom. The smallest absolute Gasteiger partial charge is 0.226 e. The number of hydrogen-bond acceptors (Lipinski definition) is 4. The van der Waals surface area contributed by atoms with Crippen molar-refractivity contribution in [1.82, 2.24) is 9.97 Å². The normalized spacial score (nSPS) is 24.4. The molecule has 4 nitrogen and oxygen atoms in total. The molecule has 0 amide bonds. The van der Waals surface area contributed by atoms with Gasteiger partial charge in [-0.05, 0) is 37.7 Å². The molecule has 0 bridgehead atoms. The van der Waals surface area contributed by atoms with Crippen molar-refractivity contribution < 1.29 is 0 Å². The third-order valence-electron chi connectivity index (χ3n) is 4.26. The van der Waals surface area contributed by atoms with Crippen LogP contribution in [-0.4, -0.2) is 22.6 Å². The van der Waals surface area contributed by atoms with Crippen LogP contribution in [0.1, 0.15) is 44.2 Å². The number of anilines is 1. The molecule has 2 heterocycles. The van der Waals surface area contributed by atoms with Gasteiger partial charge in [0.25, 0.3) is 0 Å². The van der Waals surface area contributed by atoms with E-state index in [1.165, 1.54) is 38.5 Å². The van der Waals surface area contributed by atoms with Crippen molar-refractivity contribution >= 4 is 5.95 Å². The maximum absolute atomic E-state index is 8.92. The second kappa shape index (κ2) is 4.93. The Bertz CT molecular complexity index is 459. The molecule has 1 aliphatic heterocycles. The van der Waals surface area contributed by atoms with Crippen LogP contribution in [-0.2, 0) is 0 Å². The topological polar surface area (TPSA) is 52.8 Å². The van der Waals surface area contributed by atoms with Crippen molar-refractivity contribution in [2.24, 2.45) is 5.92 Å². The average Bonchev–Trinajstić information content (AvgIpc) is 3.09. The van der Waals surface area contributed by atoms with Crippen LogP contribution in [0.2, 0.25) is 0 Å². The van der Waals surface area contributed by atoms with E-state index in [0.717, 1.165) is 18.4 Å². The molecular formula is C14H18N4. The van der Waals surface area contributed by atoms with Crippen molar-refractivity contribution in [2.45, 2.75) is 44.6 Å². The largest absolute Gasteiger partial charge is 0.338 e. The summed E-state index contributed by atoms with van der Waals surface area (Å²) in [6.07, 6.45) is 9.61. The van der Waals surface area contributed by atoms with Gasteiger partial charge in [0.2, 0.25) is 5.95 Å². The molecule has 1 saturated carbocycles. The SMILES string of the molecule is N#Cc1ccnc(N2CCCC2C2CCCC2)n1. The summed E-state index contributed by atoms with van der Waals surface area (Å²) >= 11 is 0. The van der Waals surface area contributed by atoms with Gasteiger partial charge in [-0.15, -0.1) is 0 Å². The van der Waals surface area contributed by atoms with E-state index < -0.39 is 0 Å². The molecule has 4 heteroatoms. The summed E-state index contributed by atoms with van der Waals surface area (Å²) in [7, 11) is 0. The Kier molecular flexibility index (Phi) is 3.14. The highest BCUT2D eigenvalue weighted by molar-refractivity contribution is 5.36. The highest BCUT2D eigenvalue weighted by Crippen LogP contribution is 2.36. The molecule has 1 aliphatic carbocycles. The highest BCUT2D eigenvalue weighted by Gasteiger charge is 2.34. The average molecular weight is 242 g/mol. The lowest BCUT2D eigenvalue weighted by Gasteiger charge is -2.29. The Labute approximate surface area is 108 Å². The lowest BCUT2D eigenvalue weighted by atomic mass is 9.96. The molecule has 94 valence electrons. The van der Waals surface area contributed by atoms with Gasteiger partial charge in [-0.25, -0.2) is 9.97 Å². The number of rotatable bonds is 2. The molecule has 3 rings (SSSR count). The minimum absolute atomic E-state index is 0.470. The van der Waals surface area contributed by atoms with Gasteiger partial charge < -0.3 is 4.90 Å². The molecule has 0 spiro atoms. The summed E-state index contributed by atoms with van der Waals surface area (Å²) in [6, 6.07) is 4.37. The molecule has 1 aromatic heterocycles. The molecule has 1 atom stereocenters. The molecule has 1 unspecified atom stereocenters. The fourth-order valence-corrected chi connectivity index (χ4v) is 3.42. The van der Waals surface area contributed by atoms with Crippen molar-refractivity contribution in [3.63, 3.8) is 0 Å². The van der Waals surface area contributed by atoms with Gasteiger partial charge in [0, 0.05) is 18.8 Å². The van der Waals surface area contributed by atoms with E-state index in [1.54, 1.807) is 12.3 Å². The summed E-state index contributed by atoms with van der Waals surface area (Å²) in [6.45, 7) is 1.04.